The van der Waals surface area contributed by atoms with E-state index >= 15 is 0 Å². The van der Waals surface area contributed by atoms with E-state index in [0.29, 0.717) is 23.8 Å². The van der Waals surface area contributed by atoms with Crippen molar-refractivity contribution in [2.45, 2.75) is 59.8 Å². The van der Waals surface area contributed by atoms with E-state index in [1.54, 1.807) is 0 Å². The molecular formula is C23H32O4. The lowest BCUT2D eigenvalue weighted by molar-refractivity contribution is -0.121. The minimum Gasteiger partial charge on any atom is -0.493 e. The molecule has 148 valence electrons. The smallest absolute Gasteiger partial charge is 0.227 e. The molecule has 3 rings (SSSR count). The van der Waals surface area contributed by atoms with Crippen LogP contribution in [0.5, 0.6) is 0 Å². The summed E-state index contributed by atoms with van der Waals surface area (Å²) in [5.41, 5.74) is 2.04. The molecule has 1 fully saturated rings. The van der Waals surface area contributed by atoms with Crippen molar-refractivity contribution in [3.8, 4) is 0 Å². The fourth-order valence-electron chi connectivity index (χ4n) is 5.78. The minimum atomic E-state index is -0.279. The van der Waals surface area contributed by atoms with E-state index in [2.05, 4.69) is 33.8 Å². The molecule has 0 radical (unpaired) electrons. The van der Waals surface area contributed by atoms with E-state index in [4.69, 9.17) is 9.47 Å². The lowest BCUT2D eigenvalue weighted by Crippen LogP contribution is -2.50. The maximum atomic E-state index is 13.0. The van der Waals surface area contributed by atoms with Gasteiger partial charge in [0.15, 0.2) is 11.5 Å². The zero-order chi connectivity index (χ0) is 20.0. The molecule has 0 spiro atoms. The Morgan fingerprint density at radius 2 is 1.85 bits per heavy atom. The quantitative estimate of drug-likeness (QED) is 0.527. The van der Waals surface area contributed by atoms with Gasteiger partial charge in [0.25, 0.3) is 0 Å². The molecule has 0 aromatic rings. The number of ketones is 2. The number of rotatable bonds is 4. The van der Waals surface area contributed by atoms with Crippen LogP contribution in [0.2, 0.25) is 0 Å². The fourth-order valence-corrected chi connectivity index (χ4v) is 5.78. The zero-order valence-corrected chi connectivity index (χ0v) is 17.5. The standard InChI is InChI=1S/C23H32O4/c1-14-8-7-9-19-22(14,3)11-10-15(2)23(19,4)13-16-20(25)18(26-5)12-17(24)21(16)27-6/h8,12,15,19H,7,9-11,13H2,1-6H3/t15-,19+,22+,23+/m0/s1. The molecule has 4 atom stereocenters. The first-order valence-electron chi connectivity index (χ1n) is 9.98. The van der Waals surface area contributed by atoms with Gasteiger partial charge >= 0.3 is 0 Å². The highest BCUT2D eigenvalue weighted by molar-refractivity contribution is 6.21. The highest BCUT2D eigenvalue weighted by Gasteiger charge is 2.54. The number of methoxy groups -OCH3 is 2. The van der Waals surface area contributed by atoms with Crippen molar-refractivity contribution >= 4 is 11.6 Å². The Morgan fingerprint density at radius 3 is 2.48 bits per heavy atom. The first kappa shape index (κ1) is 19.9. The third-order valence-corrected chi connectivity index (χ3v) is 7.83. The van der Waals surface area contributed by atoms with Gasteiger partial charge in [-0.2, -0.15) is 0 Å². The summed E-state index contributed by atoms with van der Waals surface area (Å²) in [5, 5.41) is 0. The molecule has 1 saturated carbocycles. The molecule has 3 aliphatic carbocycles. The number of hydrogen-bond donors (Lipinski definition) is 0. The minimum absolute atomic E-state index is 0.0756. The summed E-state index contributed by atoms with van der Waals surface area (Å²) in [7, 11) is 2.90. The lowest BCUT2D eigenvalue weighted by atomic mass is 9.46. The second-order valence-corrected chi connectivity index (χ2v) is 8.97. The molecule has 0 aromatic carbocycles. The van der Waals surface area contributed by atoms with Gasteiger partial charge in [-0.3, -0.25) is 9.59 Å². The molecule has 0 aliphatic heterocycles. The monoisotopic (exact) mass is 372 g/mol. The van der Waals surface area contributed by atoms with E-state index in [1.165, 1.54) is 32.3 Å². The van der Waals surface area contributed by atoms with Crippen LogP contribution in [-0.4, -0.2) is 25.8 Å². The van der Waals surface area contributed by atoms with Crippen molar-refractivity contribution in [1.29, 1.82) is 0 Å². The molecule has 0 aromatic heterocycles. The third kappa shape index (κ3) is 2.97. The van der Waals surface area contributed by atoms with Gasteiger partial charge in [0, 0.05) is 6.08 Å². The average Bonchev–Trinajstić information content (AvgIpc) is 2.63. The molecule has 0 saturated heterocycles. The SMILES string of the molecule is COC1=CC(=O)C(OC)=C(C[C@]2(C)[C@@H](C)CC[C@]3(C)C(C)=CCC[C@@H]23)C1=O. The molecule has 3 aliphatic rings. The van der Waals surface area contributed by atoms with Crippen LogP contribution in [0.15, 0.2) is 34.8 Å². The number of hydrogen-bond acceptors (Lipinski definition) is 4. The summed E-state index contributed by atoms with van der Waals surface area (Å²) in [6.07, 6.45) is 8.70. The lowest BCUT2D eigenvalue weighted by Gasteiger charge is -2.58. The topological polar surface area (TPSA) is 52.6 Å². The van der Waals surface area contributed by atoms with E-state index in [0.717, 1.165) is 19.3 Å². The molecule has 0 unspecified atom stereocenters. The van der Waals surface area contributed by atoms with Gasteiger partial charge in [0.2, 0.25) is 11.6 Å². The van der Waals surface area contributed by atoms with E-state index in [1.807, 2.05) is 0 Å². The summed E-state index contributed by atoms with van der Waals surface area (Å²) >= 11 is 0. The zero-order valence-electron chi connectivity index (χ0n) is 17.5. The highest BCUT2D eigenvalue weighted by Crippen LogP contribution is 2.62. The Balaban J connectivity index is 2.04. The van der Waals surface area contributed by atoms with Crippen LogP contribution in [0.3, 0.4) is 0 Å². The van der Waals surface area contributed by atoms with Crippen molar-refractivity contribution < 1.29 is 19.1 Å². The predicted octanol–water partition coefficient (Wildman–Crippen LogP) is 4.76. The first-order chi connectivity index (χ1) is 12.7. The largest absolute Gasteiger partial charge is 0.493 e. The Bertz CT molecular complexity index is 756. The van der Waals surface area contributed by atoms with Crippen LogP contribution in [0.1, 0.15) is 59.8 Å². The van der Waals surface area contributed by atoms with Gasteiger partial charge in [0.1, 0.15) is 0 Å². The average molecular weight is 373 g/mol. The van der Waals surface area contributed by atoms with Gasteiger partial charge in [-0.15, -0.1) is 0 Å². The van der Waals surface area contributed by atoms with E-state index in [-0.39, 0.29) is 33.9 Å². The van der Waals surface area contributed by atoms with Crippen LogP contribution in [0.4, 0.5) is 0 Å². The summed E-state index contributed by atoms with van der Waals surface area (Å²) in [6.45, 7) is 9.24. The van der Waals surface area contributed by atoms with Crippen LogP contribution in [0.25, 0.3) is 0 Å². The second kappa shape index (κ2) is 6.96. The summed E-state index contributed by atoms with van der Waals surface area (Å²) < 4.78 is 10.6. The third-order valence-electron chi connectivity index (χ3n) is 7.83. The normalized spacial score (nSPS) is 36.8. The Hall–Kier alpha value is -1.84. The van der Waals surface area contributed by atoms with Crippen molar-refractivity contribution in [2.24, 2.45) is 22.7 Å². The molecule has 0 amide bonds. The number of carbonyl (C=O) groups excluding carboxylic acids is 2. The van der Waals surface area contributed by atoms with Crippen molar-refractivity contribution in [1.82, 2.24) is 0 Å². The molecule has 27 heavy (non-hydrogen) atoms. The van der Waals surface area contributed by atoms with Gasteiger partial charge in [-0.05, 0) is 61.7 Å². The Labute approximate surface area is 162 Å². The van der Waals surface area contributed by atoms with Crippen LogP contribution < -0.4 is 0 Å². The summed E-state index contributed by atoms with van der Waals surface area (Å²) in [6, 6.07) is 0. The van der Waals surface area contributed by atoms with Crippen LogP contribution in [0, 0.1) is 22.7 Å². The molecule has 0 bridgehead atoms. The van der Waals surface area contributed by atoms with Crippen molar-refractivity contribution in [2.75, 3.05) is 14.2 Å². The van der Waals surface area contributed by atoms with Gasteiger partial charge in [0.05, 0.1) is 19.8 Å². The van der Waals surface area contributed by atoms with Crippen molar-refractivity contribution in [3.63, 3.8) is 0 Å². The Morgan fingerprint density at radius 1 is 1.15 bits per heavy atom. The maximum Gasteiger partial charge on any atom is 0.227 e. The van der Waals surface area contributed by atoms with Gasteiger partial charge < -0.3 is 9.47 Å². The van der Waals surface area contributed by atoms with Crippen molar-refractivity contribution in [3.05, 3.63) is 34.8 Å². The maximum absolute atomic E-state index is 13.0. The predicted molar refractivity (Wildman–Crippen MR) is 105 cm³/mol. The number of fused-ring (bicyclic) bond motifs is 1. The van der Waals surface area contributed by atoms with Gasteiger partial charge in [-0.1, -0.05) is 32.4 Å². The molecule has 4 nitrogen and oxygen atoms in total. The van der Waals surface area contributed by atoms with Crippen LogP contribution in [-0.2, 0) is 19.1 Å². The van der Waals surface area contributed by atoms with E-state index < -0.39 is 0 Å². The first-order valence-corrected chi connectivity index (χ1v) is 9.98. The fraction of sp³-hybridized carbons (Fsp3) is 0.652. The van der Waals surface area contributed by atoms with Gasteiger partial charge in [-0.25, -0.2) is 0 Å². The molecule has 0 N–H and O–H groups in total. The Kier molecular flexibility index (Phi) is 5.13. The molecular weight excluding hydrogens is 340 g/mol. The number of ether oxygens (including phenoxy) is 2. The number of allylic oxidation sites excluding steroid dienone is 4. The molecule has 4 heteroatoms. The van der Waals surface area contributed by atoms with Crippen LogP contribution >= 0.6 is 0 Å². The van der Waals surface area contributed by atoms with E-state index in [9.17, 15) is 9.59 Å². The second-order valence-electron chi connectivity index (χ2n) is 8.97. The molecule has 0 heterocycles. The summed E-state index contributed by atoms with van der Waals surface area (Å²) in [4.78, 5) is 25.5. The highest BCUT2D eigenvalue weighted by atomic mass is 16.5. The number of carbonyl (C=O) groups is 2. The number of Topliss-reactive ketones (excluding diaryl/α,β-unsaturated/α-hetero) is 1. The summed E-state index contributed by atoms with van der Waals surface area (Å²) in [5.74, 6) is 0.752.